The number of carbonyl (C=O) groups excluding carboxylic acids is 2. The van der Waals surface area contributed by atoms with Gasteiger partial charge in [0.15, 0.2) is 16.0 Å². The number of nitrogens with one attached hydrogen (secondary N) is 1. The van der Waals surface area contributed by atoms with E-state index in [2.05, 4.69) is 48.8 Å². The molecule has 2 aromatic carbocycles. The van der Waals surface area contributed by atoms with E-state index in [0.717, 1.165) is 42.3 Å². The van der Waals surface area contributed by atoms with Crippen LogP contribution >= 0.6 is 45.3 Å². The molecule has 0 aliphatic carbocycles. The van der Waals surface area contributed by atoms with Gasteiger partial charge < -0.3 is 9.64 Å². The molecular weight excluding hydrogens is 571 g/mol. The Labute approximate surface area is 212 Å². The molecule has 4 aromatic rings. The van der Waals surface area contributed by atoms with E-state index >= 15 is 0 Å². The van der Waals surface area contributed by atoms with Gasteiger partial charge in [0, 0.05) is 18.7 Å². The van der Waals surface area contributed by atoms with Crippen LogP contribution in [0.3, 0.4) is 0 Å². The van der Waals surface area contributed by atoms with Crippen LogP contribution in [0.2, 0.25) is 0 Å². The van der Waals surface area contributed by atoms with Gasteiger partial charge in [0.1, 0.15) is 2.88 Å². The van der Waals surface area contributed by atoms with Crippen LogP contribution in [-0.4, -0.2) is 35.0 Å². The van der Waals surface area contributed by atoms with Gasteiger partial charge in [-0.3, -0.25) is 10.1 Å². The average molecular weight is 590 g/mol. The third-order valence-corrected chi connectivity index (χ3v) is 8.37. The van der Waals surface area contributed by atoms with E-state index in [0.29, 0.717) is 29.5 Å². The van der Waals surface area contributed by atoms with Crippen molar-refractivity contribution >= 4 is 77.6 Å². The Morgan fingerprint density at radius 1 is 1.15 bits per heavy atom. The lowest BCUT2D eigenvalue weighted by Crippen LogP contribution is -2.32. The van der Waals surface area contributed by atoms with Crippen molar-refractivity contribution in [2.75, 3.05) is 23.4 Å². The maximum Gasteiger partial charge on any atom is 0.359 e. The van der Waals surface area contributed by atoms with Gasteiger partial charge in [-0.05, 0) is 65.3 Å². The lowest BCUT2D eigenvalue weighted by atomic mass is 9.94. The molecule has 10 heteroatoms. The fourth-order valence-corrected chi connectivity index (χ4v) is 6.40. The number of halogens is 1. The molecule has 7 nitrogen and oxygen atoms in total. The van der Waals surface area contributed by atoms with Gasteiger partial charge in [0.25, 0.3) is 5.91 Å². The van der Waals surface area contributed by atoms with Crippen LogP contribution < -0.4 is 10.2 Å². The summed E-state index contributed by atoms with van der Waals surface area (Å²) in [5.41, 5.74) is 3.98. The second-order valence-electron chi connectivity index (χ2n) is 7.39. The van der Waals surface area contributed by atoms with Gasteiger partial charge in [-0.15, -0.1) is 0 Å². The minimum absolute atomic E-state index is 0.173. The molecular formula is C23H19IN4O3S2. The molecule has 1 amide bonds. The zero-order valence-corrected chi connectivity index (χ0v) is 21.4. The highest BCUT2D eigenvalue weighted by Crippen LogP contribution is 2.33. The summed E-state index contributed by atoms with van der Waals surface area (Å²) in [7, 11) is 0. The van der Waals surface area contributed by atoms with Crippen LogP contribution in [0.4, 0.5) is 10.3 Å². The van der Waals surface area contributed by atoms with Crippen molar-refractivity contribution in [1.29, 1.82) is 0 Å². The van der Waals surface area contributed by atoms with Crippen molar-refractivity contribution in [3.05, 3.63) is 67.7 Å². The normalized spacial score (nSPS) is 13.1. The number of nitrogens with zero attached hydrogens (tertiary/aromatic N) is 3. The largest absolute Gasteiger partial charge is 0.461 e. The highest BCUT2D eigenvalue weighted by Gasteiger charge is 2.26. The summed E-state index contributed by atoms with van der Waals surface area (Å²) >= 11 is 5.05. The fraction of sp³-hybridized carbons (Fsp3) is 0.217. The minimum Gasteiger partial charge on any atom is -0.461 e. The van der Waals surface area contributed by atoms with Gasteiger partial charge in [-0.2, -0.15) is 0 Å². The Hall–Kier alpha value is -2.57. The van der Waals surface area contributed by atoms with Gasteiger partial charge in [0.2, 0.25) is 0 Å². The van der Waals surface area contributed by atoms with Crippen LogP contribution in [0.1, 0.15) is 38.9 Å². The van der Waals surface area contributed by atoms with Crippen LogP contribution in [0.25, 0.3) is 10.2 Å². The molecule has 0 fully saturated rings. The molecule has 0 unspecified atom stereocenters. The first-order valence-corrected chi connectivity index (χ1v) is 13.1. The highest BCUT2D eigenvalue weighted by molar-refractivity contribution is 14.1. The molecule has 5 rings (SSSR count). The van der Waals surface area contributed by atoms with Crippen molar-refractivity contribution in [2.45, 2.75) is 19.9 Å². The van der Waals surface area contributed by atoms with E-state index in [1.807, 2.05) is 36.4 Å². The molecule has 0 radical (unpaired) electrons. The number of rotatable bonds is 5. The van der Waals surface area contributed by atoms with Gasteiger partial charge in [-0.1, -0.05) is 46.9 Å². The number of carbonyl (C=O) groups is 2. The van der Waals surface area contributed by atoms with Crippen molar-refractivity contribution in [3.63, 3.8) is 0 Å². The van der Waals surface area contributed by atoms with Gasteiger partial charge in [-0.25, -0.2) is 14.8 Å². The Kier molecular flexibility index (Phi) is 6.30. The molecule has 0 saturated carbocycles. The molecule has 168 valence electrons. The van der Waals surface area contributed by atoms with E-state index < -0.39 is 5.97 Å². The highest BCUT2D eigenvalue weighted by atomic mass is 127. The van der Waals surface area contributed by atoms with Crippen molar-refractivity contribution in [1.82, 2.24) is 9.97 Å². The zero-order chi connectivity index (χ0) is 22.9. The first kappa shape index (κ1) is 22.2. The molecule has 1 N–H and O–H groups in total. The van der Waals surface area contributed by atoms with Gasteiger partial charge >= 0.3 is 5.97 Å². The quantitative estimate of drug-likeness (QED) is 0.249. The predicted molar refractivity (Wildman–Crippen MR) is 140 cm³/mol. The number of esters is 1. The summed E-state index contributed by atoms with van der Waals surface area (Å²) in [6.07, 6.45) is 0.794. The second kappa shape index (κ2) is 9.35. The summed E-state index contributed by atoms with van der Waals surface area (Å²) < 4.78 is 6.95. The number of para-hydroxylation sites is 1. The molecule has 33 heavy (non-hydrogen) atoms. The van der Waals surface area contributed by atoms with Crippen molar-refractivity contribution in [3.8, 4) is 0 Å². The number of thiazole rings is 2. The predicted octanol–water partition coefficient (Wildman–Crippen LogP) is 5.35. The Bertz CT molecular complexity index is 1330. The lowest BCUT2D eigenvalue weighted by Gasteiger charge is -2.29. The maximum absolute atomic E-state index is 13.2. The summed E-state index contributed by atoms with van der Waals surface area (Å²) in [5.74, 6) is -0.577. The third-order valence-electron chi connectivity index (χ3n) is 5.35. The first-order chi connectivity index (χ1) is 16.0. The van der Waals surface area contributed by atoms with E-state index in [1.165, 1.54) is 22.7 Å². The number of amides is 1. The monoisotopic (exact) mass is 590 g/mol. The zero-order valence-electron chi connectivity index (χ0n) is 17.6. The molecule has 0 atom stereocenters. The molecule has 0 saturated heterocycles. The standard InChI is InChI=1S/C23H19IN4O3S2/c1-2-31-21(30)18-19(24)33-23(26-18)28-11-10-13-6-5-7-14(15(13)12-28)20(29)27-22-25-16-8-3-4-9-17(16)32-22/h3-9H,2,10-12H2,1H3,(H,25,27,29). The Morgan fingerprint density at radius 2 is 2.00 bits per heavy atom. The number of benzene rings is 2. The third kappa shape index (κ3) is 4.46. The number of hydrogen-bond acceptors (Lipinski definition) is 8. The minimum atomic E-state index is -0.405. The smallest absolute Gasteiger partial charge is 0.359 e. The fourth-order valence-electron chi connectivity index (χ4n) is 3.80. The van der Waals surface area contributed by atoms with Gasteiger partial charge in [0.05, 0.1) is 16.8 Å². The van der Waals surface area contributed by atoms with E-state index in [9.17, 15) is 9.59 Å². The van der Waals surface area contributed by atoms with Crippen molar-refractivity contribution in [2.24, 2.45) is 0 Å². The van der Waals surface area contributed by atoms with E-state index in [1.54, 1.807) is 6.92 Å². The summed E-state index contributed by atoms with van der Waals surface area (Å²) in [5, 5.41) is 4.31. The lowest BCUT2D eigenvalue weighted by molar-refractivity contribution is 0.0519. The SMILES string of the molecule is CCOC(=O)c1nc(N2CCc3cccc(C(=O)Nc4nc5ccccc5s4)c3C2)sc1I. The molecule has 1 aliphatic heterocycles. The average Bonchev–Trinajstić information content (AvgIpc) is 3.41. The number of hydrogen-bond donors (Lipinski definition) is 1. The second-order valence-corrected chi connectivity index (χ2v) is 11.2. The molecule has 3 heterocycles. The summed E-state index contributed by atoms with van der Waals surface area (Å²) in [6.45, 7) is 3.40. The number of anilines is 2. The first-order valence-electron chi connectivity index (χ1n) is 10.4. The molecule has 0 bridgehead atoms. The molecule has 2 aromatic heterocycles. The summed E-state index contributed by atoms with van der Waals surface area (Å²) in [4.78, 5) is 36.6. The van der Waals surface area contributed by atoms with Crippen LogP contribution in [-0.2, 0) is 17.7 Å². The van der Waals surface area contributed by atoms with E-state index in [-0.39, 0.29) is 5.91 Å². The van der Waals surface area contributed by atoms with E-state index in [4.69, 9.17) is 4.74 Å². The summed E-state index contributed by atoms with van der Waals surface area (Å²) in [6, 6.07) is 13.7. The Morgan fingerprint density at radius 3 is 2.82 bits per heavy atom. The number of ether oxygens (including phenoxy) is 1. The maximum atomic E-state index is 13.2. The van der Waals surface area contributed by atoms with Crippen LogP contribution in [0.15, 0.2) is 42.5 Å². The topological polar surface area (TPSA) is 84.4 Å². The number of aromatic nitrogens is 2. The Balaban J connectivity index is 1.40. The molecule has 0 spiro atoms. The van der Waals surface area contributed by atoms with Crippen LogP contribution in [0.5, 0.6) is 0 Å². The molecule has 1 aliphatic rings. The van der Waals surface area contributed by atoms with Crippen molar-refractivity contribution < 1.29 is 14.3 Å². The number of fused-ring (bicyclic) bond motifs is 2. The van der Waals surface area contributed by atoms with Crippen LogP contribution in [0, 0.1) is 2.88 Å².